The van der Waals surface area contributed by atoms with Crippen molar-refractivity contribution in [1.82, 2.24) is 10.3 Å². The first-order chi connectivity index (χ1) is 6.95. The van der Waals surface area contributed by atoms with Gasteiger partial charge in [-0.1, -0.05) is 20.8 Å². The van der Waals surface area contributed by atoms with Crippen LogP contribution in [0.1, 0.15) is 37.2 Å². The number of aliphatic hydroxyl groups excluding tert-OH is 1. The second-order valence-electron chi connectivity index (χ2n) is 4.27. The lowest BCUT2D eigenvalue weighted by Gasteiger charge is -2.11. The van der Waals surface area contributed by atoms with Crippen LogP contribution in [0.2, 0.25) is 0 Å². The number of oxazole rings is 1. The Kier molecular flexibility index (Phi) is 3.47. The number of carbonyl (C=O) groups excluding carboxylic acids is 1. The molecule has 1 amide bonds. The monoisotopic (exact) mass is 212 g/mol. The van der Waals surface area contributed by atoms with E-state index in [-0.39, 0.29) is 30.2 Å². The number of carbonyl (C=O) groups is 1. The Balaban J connectivity index is 2.72. The molecule has 0 fully saturated rings. The van der Waals surface area contributed by atoms with Crippen molar-refractivity contribution < 1.29 is 14.3 Å². The Bertz CT molecular complexity index is 339. The third-order valence-electron chi connectivity index (χ3n) is 1.78. The first-order valence-electron chi connectivity index (χ1n) is 4.80. The smallest absolute Gasteiger partial charge is 0.273 e. The van der Waals surface area contributed by atoms with Gasteiger partial charge in [0.2, 0.25) is 0 Å². The van der Waals surface area contributed by atoms with Crippen molar-refractivity contribution in [3.8, 4) is 0 Å². The Morgan fingerprint density at radius 1 is 1.60 bits per heavy atom. The standard InChI is InChI=1S/C10H16N2O3/c1-10(2,3)9-12-7(6-15-9)8(14)11-4-5-13/h6,13H,4-5H2,1-3H3,(H,11,14). The minimum atomic E-state index is -0.330. The van der Waals surface area contributed by atoms with Gasteiger partial charge in [0.1, 0.15) is 6.26 Å². The molecule has 0 spiro atoms. The normalized spacial score (nSPS) is 11.5. The average Bonchev–Trinajstić information content (AvgIpc) is 2.62. The molecule has 0 bridgehead atoms. The van der Waals surface area contributed by atoms with E-state index in [1.54, 1.807) is 0 Å². The number of amides is 1. The summed E-state index contributed by atoms with van der Waals surface area (Å²) in [5, 5.41) is 11.0. The number of hydrogen-bond donors (Lipinski definition) is 2. The van der Waals surface area contributed by atoms with Crippen LogP contribution in [0.15, 0.2) is 10.7 Å². The Labute approximate surface area is 88.5 Å². The molecule has 0 saturated carbocycles. The summed E-state index contributed by atoms with van der Waals surface area (Å²) in [6.07, 6.45) is 1.33. The molecule has 1 aromatic rings. The van der Waals surface area contributed by atoms with Crippen LogP contribution >= 0.6 is 0 Å². The fraction of sp³-hybridized carbons (Fsp3) is 0.600. The van der Waals surface area contributed by atoms with Gasteiger partial charge in [0.05, 0.1) is 6.61 Å². The van der Waals surface area contributed by atoms with Crippen LogP contribution in [0.4, 0.5) is 0 Å². The lowest BCUT2D eigenvalue weighted by Crippen LogP contribution is -2.26. The molecule has 0 aliphatic carbocycles. The van der Waals surface area contributed by atoms with Crippen molar-refractivity contribution in [3.63, 3.8) is 0 Å². The molecule has 15 heavy (non-hydrogen) atoms. The zero-order valence-corrected chi connectivity index (χ0v) is 9.20. The summed E-state index contributed by atoms with van der Waals surface area (Å²) in [6.45, 7) is 5.99. The van der Waals surface area contributed by atoms with Gasteiger partial charge < -0.3 is 14.8 Å². The van der Waals surface area contributed by atoms with E-state index < -0.39 is 0 Å². The van der Waals surface area contributed by atoms with Gasteiger partial charge in [-0.3, -0.25) is 4.79 Å². The molecule has 1 aromatic heterocycles. The summed E-state index contributed by atoms with van der Waals surface area (Å²) in [4.78, 5) is 15.5. The highest BCUT2D eigenvalue weighted by Gasteiger charge is 2.22. The van der Waals surface area contributed by atoms with Gasteiger partial charge in [0, 0.05) is 12.0 Å². The maximum Gasteiger partial charge on any atom is 0.273 e. The number of nitrogens with zero attached hydrogens (tertiary/aromatic N) is 1. The summed E-state index contributed by atoms with van der Waals surface area (Å²) < 4.78 is 5.20. The van der Waals surface area contributed by atoms with Crippen LogP contribution in [-0.2, 0) is 5.41 Å². The van der Waals surface area contributed by atoms with Crippen LogP contribution in [-0.4, -0.2) is 29.1 Å². The van der Waals surface area contributed by atoms with Crippen molar-refractivity contribution in [2.45, 2.75) is 26.2 Å². The first kappa shape index (κ1) is 11.7. The Hall–Kier alpha value is -1.36. The number of hydrogen-bond acceptors (Lipinski definition) is 4. The molecule has 1 heterocycles. The summed E-state index contributed by atoms with van der Waals surface area (Å²) >= 11 is 0. The average molecular weight is 212 g/mol. The SMILES string of the molecule is CC(C)(C)c1nc(C(=O)NCCO)co1. The molecule has 0 aliphatic rings. The van der Waals surface area contributed by atoms with E-state index in [2.05, 4.69) is 10.3 Å². The van der Waals surface area contributed by atoms with Crippen molar-refractivity contribution in [2.24, 2.45) is 0 Å². The van der Waals surface area contributed by atoms with Gasteiger partial charge >= 0.3 is 0 Å². The largest absolute Gasteiger partial charge is 0.448 e. The highest BCUT2D eigenvalue weighted by atomic mass is 16.3. The molecule has 84 valence electrons. The quantitative estimate of drug-likeness (QED) is 0.773. The van der Waals surface area contributed by atoms with E-state index in [0.717, 1.165) is 0 Å². The predicted molar refractivity (Wildman–Crippen MR) is 54.6 cm³/mol. The maximum absolute atomic E-state index is 11.4. The summed E-state index contributed by atoms with van der Waals surface area (Å²) in [7, 11) is 0. The lowest BCUT2D eigenvalue weighted by molar-refractivity contribution is 0.0939. The molecule has 5 heteroatoms. The van der Waals surface area contributed by atoms with Gasteiger partial charge in [0.25, 0.3) is 5.91 Å². The molecule has 0 aromatic carbocycles. The van der Waals surface area contributed by atoms with Crippen molar-refractivity contribution in [2.75, 3.05) is 13.2 Å². The Morgan fingerprint density at radius 2 is 2.27 bits per heavy atom. The minimum absolute atomic E-state index is 0.0876. The van der Waals surface area contributed by atoms with Crippen molar-refractivity contribution >= 4 is 5.91 Å². The van der Waals surface area contributed by atoms with Gasteiger partial charge in [-0.2, -0.15) is 0 Å². The molecule has 0 aliphatic heterocycles. The predicted octanol–water partition coefficient (Wildman–Crippen LogP) is 0.694. The number of aliphatic hydroxyl groups is 1. The summed E-state index contributed by atoms with van der Waals surface area (Å²) in [5.74, 6) is 0.194. The topological polar surface area (TPSA) is 75.4 Å². The molecule has 0 unspecified atom stereocenters. The number of aromatic nitrogens is 1. The first-order valence-corrected chi connectivity index (χ1v) is 4.80. The van der Waals surface area contributed by atoms with Crippen LogP contribution in [0.5, 0.6) is 0 Å². The van der Waals surface area contributed by atoms with Crippen LogP contribution in [0.25, 0.3) is 0 Å². The molecular weight excluding hydrogens is 196 g/mol. The van der Waals surface area contributed by atoms with Gasteiger partial charge in [-0.25, -0.2) is 4.98 Å². The van der Waals surface area contributed by atoms with E-state index in [1.165, 1.54) is 6.26 Å². The van der Waals surface area contributed by atoms with E-state index in [1.807, 2.05) is 20.8 Å². The molecular formula is C10H16N2O3. The van der Waals surface area contributed by atoms with Gasteiger partial charge in [-0.05, 0) is 0 Å². The zero-order valence-electron chi connectivity index (χ0n) is 9.20. The highest BCUT2D eigenvalue weighted by molar-refractivity contribution is 5.91. The number of rotatable bonds is 3. The van der Waals surface area contributed by atoms with Crippen molar-refractivity contribution in [1.29, 1.82) is 0 Å². The molecule has 1 rings (SSSR count). The minimum Gasteiger partial charge on any atom is -0.448 e. The van der Waals surface area contributed by atoms with Crippen LogP contribution in [0, 0.1) is 0 Å². The van der Waals surface area contributed by atoms with Gasteiger partial charge in [0.15, 0.2) is 11.6 Å². The van der Waals surface area contributed by atoms with E-state index >= 15 is 0 Å². The highest BCUT2D eigenvalue weighted by Crippen LogP contribution is 2.20. The third kappa shape index (κ3) is 3.06. The van der Waals surface area contributed by atoms with Crippen LogP contribution < -0.4 is 5.32 Å². The van der Waals surface area contributed by atoms with E-state index in [4.69, 9.17) is 9.52 Å². The van der Waals surface area contributed by atoms with E-state index in [9.17, 15) is 4.79 Å². The van der Waals surface area contributed by atoms with Gasteiger partial charge in [-0.15, -0.1) is 0 Å². The van der Waals surface area contributed by atoms with Crippen molar-refractivity contribution in [3.05, 3.63) is 17.8 Å². The number of nitrogens with one attached hydrogen (secondary N) is 1. The van der Waals surface area contributed by atoms with Crippen LogP contribution in [0.3, 0.4) is 0 Å². The Morgan fingerprint density at radius 3 is 2.73 bits per heavy atom. The summed E-state index contributed by atoms with van der Waals surface area (Å²) in [6, 6.07) is 0. The molecule has 0 radical (unpaired) electrons. The molecule has 0 saturated heterocycles. The zero-order chi connectivity index (χ0) is 11.5. The fourth-order valence-corrected chi connectivity index (χ4v) is 0.983. The third-order valence-corrected chi connectivity index (χ3v) is 1.78. The maximum atomic E-state index is 11.4. The molecule has 2 N–H and O–H groups in total. The molecule has 0 atom stereocenters. The second kappa shape index (κ2) is 4.44. The fourth-order valence-electron chi connectivity index (χ4n) is 0.983. The molecule has 5 nitrogen and oxygen atoms in total. The second-order valence-corrected chi connectivity index (χ2v) is 4.27. The van der Waals surface area contributed by atoms with E-state index in [0.29, 0.717) is 5.89 Å². The lowest BCUT2D eigenvalue weighted by atomic mass is 9.97. The summed E-state index contributed by atoms with van der Waals surface area (Å²) in [5.41, 5.74) is 0.0311.